The second-order valence-corrected chi connectivity index (χ2v) is 4.13. The predicted octanol–water partition coefficient (Wildman–Crippen LogP) is 1.73. The molecule has 0 aromatic carbocycles. The molecule has 2 rings (SSSR count). The first-order valence-electron chi connectivity index (χ1n) is 5.12. The summed E-state index contributed by atoms with van der Waals surface area (Å²) in [6.45, 7) is 1.74. The molecule has 0 saturated heterocycles. The lowest BCUT2D eigenvalue weighted by atomic mass is 9.94. The molecule has 1 fully saturated rings. The first kappa shape index (κ1) is 9.71. The molecule has 2 bridgehead atoms. The van der Waals surface area contributed by atoms with Gasteiger partial charge in [0, 0.05) is 7.11 Å². The fourth-order valence-electron chi connectivity index (χ4n) is 2.35. The average Bonchev–Trinajstić information content (AvgIpc) is 2.78. The summed E-state index contributed by atoms with van der Waals surface area (Å²) in [5.41, 5.74) is 0. The third-order valence-electron chi connectivity index (χ3n) is 3.20. The Bertz CT molecular complexity index is 259. The van der Waals surface area contributed by atoms with Gasteiger partial charge in [0.2, 0.25) is 0 Å². The van der Waals surface area contributed by atoms with Crippen LogP contribution in [0.1, 0.15) is 19.8 Å². The standard InChI is InChI=1S/C11H16O3/c1-7(13-2)14-11(12)10-6-8-3-4-9(10)5-8/h3-4,7-10H,5-6H2,1-2H3. The maximum Gasteiger partial charge on any atom is 0.311 e. The molecule has 4 unspecified atom stereocenters. The Morgan fingerprint density at radius 1 is 1.43 bits per heavy atom. The van der Waals surface area contributed by atoms with Crippen molar-refractivity contribution < 1.29 is 14.3 Å². The second kappa shape index (κ2) is 3.73. The van der Waals surface area contributed by atoms with Gasteiger partial charge in [0.1, 0.15) is 0 Å². The molecular weight excluding hydrogens is 180 g/mol. The van der Waals surface area contributed by atoms with Crippen LogP contribution < -0.4 is 0 Å². The van der Waals surface area contributed by atoms with Crippen molar-refractivity contribution in [2.45, 2.75) is 26.1 Å². The summed E-state index contributed by atoms with van der Waals surface area (Å²) in [4.78, 5) is 11.7. The van der Waals surface area contributed by atoms with Gasteiger partial charge in [-0.3, -0.25) is 4.79 Å². The predicted molar refractivity (Wildman–Crippen MR) is 51.4 cm³/mol. The number of carbonyl (C=O) groups is 1. The monoisotopic (exact) mass is 196 g/mol. The molecule has 2 aliphatic rings. The quantitative estimate of drug-likeness (QED) is 0.392. The minimum atomic E-state index is -0.425. The number of methoxy groups -OCH3 is 1. The first-order valence-corrected chi connectivity index (χ1v) is 5.12. The van der Waals surface area contributed by atoms with Crippen LogP contribution in [0.25, 0.3) is 0 Å². The highest BCUT2D eigenvalue weighted by Crippen LogP contribution is 2.43. The van der Waals surface area contributed by atoms with E-state index in [9.17, 15) is 4.79 Å². The van der Waals surface area contributed by atoms with E-state index in [0.29, 0.717) is 11.8 Å². The zero-order valence-electron chi connectivity index (χ0n) is 8.60. The number of ether oxygens (including phenoxy) is 2. The third kappa shape index (κ3) is 1.69. The van der Waals surface area contributed by atoms with Crippen molar-refractivity contribution in [3.63, 3.8) is 0 Å². The number of fused-ring (bicyclic) bond motifs is 2. The van der Waals surface area contributed by atoms with E-state index in [4.69, 9.17) is 9.47 Å². The zero-order valence-corrected chi connectivity index (χ0v) is 8.60. The molecule has 0 radical (unpaired) electrons. The van der Waals surface area contributed by atoms with Crippen LogP contribution in [0.5, 0.6) is 0 Å². The van der Waals surface area contributed by atoms with Gasteiger partial charge in [-0.15, -0.1) is 0 Å². The molecule has 0 amide bonds. The summed E-state index contributed by atoms with van der Waals surface area (Å²) >= 11 is 0. The van der Waals surface area contributed by atoms with Crippen LogP contribution in [-0.4, -0.2) is 19.4 Å². The largest absolute Gasteiger partial charge is 0.436 e. The molecule has 0 aromatic rings. The van der Waals surface area contributed by atoms with Crippen molar-refractivity contribution in [3.05, 3.63) is 12.2 Å². The smallest absolute Gasteiger partial charge is 0.311 e. The Morgan fingerprint density at radius 2 is 2.21 bits per heavy atom. The first-order chi connectivity index (χ1) is 6.70. The SMILES string of the molecule is COC(C)OC(=O)C1CC2C=CC1C2. The van der Waals surface area contributed by atoms with E-state index in [-0.39, 0.29) is 11.9 Å². The number of allylic oxidation sites excluding steroid dienone is 2. The Balaban J connectivity index is 1.90. The highest BCUT2D eigenvalue weighted by Gasteiger charge is 2.41. The fraction of sp³-hybridized carbons (Fsp3) is 0.727. The maximum atomic E-state index is 11.7. The average molecular weight is 196 g/mol. The summed E-state index contributed by atoms with van der Waals surface area (Å²) < 4.78 is 10.0. The number of hydrogen-bond acceptors (Lipinski definition) is 3. The van der Waals surface area contributed by atoms with Crippen LogP contribution in [0.2, 0.25) is 0 Å². The molecule has 0 aromatic heterocycles. The summed E-state index contributed by atoms with van der Waals surface area (Å²) in [7, 11) is 1.54. The molecule has 1 saturated carbocycles. The van der Waals surface area contributed by atoms with Crippen molar-refractivity contribution in [2.75, 3.05) is 7.11 Å². The number of rotatable bonds is 3. The number of carbonyl (C=O) groups excluding carboxylic acids is 1. The van der Waals surface area contributed by atoms with E-state index in [0.717, 1.165) is 12.8 Å². The summed E-state index contributed by atoms with van der Waals surface area (Å²) in [5.74, 6) is 0.991. The van der Waals surface area contributed by atoms with Crippen LogP contribution in [-0.2, 0) is 14.3 Å². The van der Waals surface area contributed by atoms with Gasteiger partial charge in [-0.1, -0.05) is 12.2 Å². The summed E-state index contributed by atoms with van der Waals surface area (Å²) in [6.07, 6.45) is 6.02. The van der Waals surface area contributed by atoms with Gasteiger partial charge in [0.05, 0.1) is 5.92 Å². The number of hydrogen-bond donors (Lipinski definition) is 0. The van der Waals surface area contributed by atoms with Gasteiger partial charge in [-0.05, 0) is 31.6 Å². The van der Waals surface area contributed by atoms with Gasteiger partial charge >= 0.3 is 5.97 Å². The van der Waals surface area contributed by atoms with Crippen molar-refractivity contribution in [2.24, 2.45) is 17.8 Å². The summed E-state index contributed by atoms with van der Waals surface area (Å²) in [5, 5.41) is 0. The lowest BCUT2D eigenvalue weighted by Gasteiger charge is -2.19. The van der Waals surface area contributed by atoms with E-state index in [2.05, 4.69) is 12.2 Å². The molecule has 3 heteroatoms. The van der Waals surface area contributed by atoms with Gasteiger partial charge in [0.15, 0.2) is 6.29 Å². The molecule has 4 atom stereocenters. The molecule has 2 aliphatic carbocycles. The number of esters is 1. The van der Waals surface area contributed by atoms with Gasteiger partial charge in [-0.25, -0.2) is 0 Å². The van der Waals surface area contributed by atoms with E-state index < -0.39 is 6.29 Å². The molecule has 0 N–H and O–H groups in total. The van der Waals surface area contributed by atoms with Crippen LogP contribution in [0, 0.1) is 17.8 Å². The molecule has 0 spiro atoms. The molecule has 78 valence electrons. The Kier molecular flexibility index (Phi) is 2.59. The highest BCUT2D eigenvalue weighted by atomic mass is 16.7. The molecular formula is C11H16O3. The third-order valence-corrected chi connectivity index (χ3v) is 3.20. The van der Waals surface area contributed by atoms with Gasteiger partial charge in [-0.2, -0.15) is 0 Å². The summed E-state index contributed by atoms with van der Waals surface area (Å²) in [6, 6.07) is 0. The molecule has 3 nitrogen and oxygen atoms in total. The van der Waals surface area contributed by atoms with Crippen LogP contribution in [0.15, 0.2) is 12.2 Å². The van der Waals surface area contributed by atoms with E-state index >= 15 is 0 Å². The van der Waals surface area contributed by atoms with Crippen molar-refractivity contribution in [1.82, 2.24) is 0 Å². The Hall–Kier alpha value is -0.830. The van der Waals surface area contributed by atoms with Crippen LogP contribution >= 0.6 is 0 Å². The van der Waals surface area contributed by atoms with Crippen molar-refractivity contribution >= 4 is 5.97 Å². The van der Waals surface area contributed by atoms with Crippen LogP contribution in [0.4, 0.5) is 0 Å². The minimum Gasteiger partial charge on any atom is -0.436 e. The minimum absolute atomic E-state index is 0.0719. The normalized spacial score (nSPS) is 36.0. The van der Waals surface area contributed by atoms with E-state index in [1.54, 1.807) is 14.0 Å². The van der Waals surface area contributed by atoms with Crippen molar-refractivity contribution in [3.8, 4) is 0 Å². The van der Waals surface area contributed by atoms with Gasteiger partial charge in [0.25, 0.3) is 0 Å². The second-order valence-electron chi connectivity index (χ2n) is 4.13. The Morgan fingerprint density at radius 3 is 2.71 bits per heavy atom. The molecule has 0 heterocycles. The zero-order chi connectivity index (χ0) is 10.1. The van der Waals surface area contributed by atoms with E-state index in [1.807, 2.05) is 0 Å². The molecule has 0 aliphatic heterocycles. The van der Waals surface area contributed by atoms with Gasteiger partial charge < -0.3 is 9.47 Å². The van der Waals surface area contributed by atoms with E-state index in [1.165, 1.54) is 0 Å². The fourth-order valence-corrected chi connectivity index (χ4v) is 2.35. The van der Waals surface area contributed by atoms with Crippen LogP contribution in [0.3, 0.4) is 0 Å². The Labute approximate surface area is 84.1 Å². The topological polar surface area (TPSA) is 35.5 Å². The lowest BCUT2D eigenvalue weighted by molar-refractivity contribution is -0.175. The maximum absolute atomic E-state index is 11.7. The lowest BCUT2D eigenvalue weighted by Crippen LogP contribution is -2.26. The van der Waals surface area contributed by atoms with Crippen molar-refractivity contribution in [1.29, 1.82) is 0 Å². The molecule has 14 heavy (non-hydrogen) atoms. The highest BCUT2D eigenvalue weighted by molar-refractivity contribution is 5.74.